The van der Waals surface area contributed by atoms with Crippen molar-refractivity contribution in [3.63, 3.8) is 0 Å². The molecule has 0 saturated heterocycles. The minimum atomic E-state index is -3.70. The van der Waals surface area contributed by atoms with Crippen LogP contribution < -0.4 is 16.2 Å². The number of nitrogens with one attached hydrogen (secondary N) is 1. The predicted molar refractivity (Wildman–Crippen MR) is 71.8 cm³/mol. The summed E-state index contributed by atoms with van der Waals surface area (Å²) >= 11 is 0. The highest BCUT2D eigenvalue weighted by Crippen LogP contribution is 2.32. The highest BCUT2D eigenvalue weighted by molar-refractivity contribution is 7.89. The van der Waals surface area contributed by atoms with Gasteiger partial charge < -0.3 is 11.1 Å². The average molecular weight is 283 g/mol. The van der Waals surface area contributed by atoms with Gasteiger partial charge >= 0.3 is 0 Å². The summed E-state index contributed by atoms with van der Waals surface area (Å²) in [7, 11) is -3.70. The Balaban J connectivity index is 1.98. The molecular weight excluding hydrogens is 266 g/mol. The first-order chi connectivity index (χ1) is 8.78. The Kier molecular flexibility index (Phi) is 3.62. The molecule has 1 aromatic rings. The number of hydrogen-bond donors (Lipinski definition) is 3. The third kappa shape index (κ3) is 3.52. The summed E-state index contributed by atoms with van der Waals surface area (Å²) < 4.78 is 22.1. The van der Waals surface area contributed by atoms with Gasteiger partial charge in [0.15, 0.2) is 0 Å². The smallest absolute Gasteiger partial charge is 0.238 e. The zero-order chi connectivity index (χ0) is 14.1. The Morgan fingerprint density at radius 1 is 1.26 bits per heavy atom. The third-order valence-corrected chi connectivity index (χ3v) is 4.26. The van der Waals surface area contributed by atoms with Crippen LogP contribution in [0.3, 0.4) is 0 Å². The fraction of sp³-hybridized carbons (Fsp3) is 0.417. The summed E-state index contributed by atoms with van der Waals surface area (Å²) in [5.74, 6) is -0.162. The Morgan fingerprint density at radius 3 is 2.26 bits per heavy atom. The maximum Gasteiger partial charge on any atom is 0.238 e. The molecule has 6 nitrogen and oxygen atoms in total. The van der Waals surface area contributed by atoms with Gasteiger partial charge in [-0.3, -0.25) is 4.79 Å². The molecule has 7 heteroatoms. The van der Waals surface area contributed by atoms with Crippen molar-refractivity contribution < 1.29 is 13.2 Å². The van der Waals surface area contributed by atoms with Gasteiger partial charge in [0.25, 0.3) is 0 Å². The number of anilines is 1. The van der Waals surface area contributed by atoms with E-state index in [0.29, 0.717) is 5.69 Å². The molecule has 2 rings (SSSR count). The van der Waals surface area contributed by atoms with Crippen molar-refractivity contribution in [2.24, 2.45) is 10.9 Å². The van der Waals surface area contributed by atoms with Crippen LogP contribution in [0.25, 0.3) is 0 Å². The van der Waals surface area contributed by atoms with Crippen molar-refractivity contribution in [3.8, 4) is 0 Å². The summed E-state index contributed by atoms with van der Waals surface area (Å²) in [6.07, 6.45) is 3.08. The molecule has 0 bridgehead atoms. The van der Waals surface area contributed by atoms with Crippen molar-refractivity contribution in [2.45, 2.75) is 36.1 Å². The number of primary sulfonamides is 1. The van der Waals surface area contributed by atoms with Crippen LogP contribution in [0.5, 0.6) is 0 Å². The van der Waals surface area contributed by atoms with Crippen molar-refractivity contribution in [1.29, 1.82) is 0 Å². The Labute approximate surface area is 112 Å². The van der Waals surface area contributed by atoms with Crippen LogP contribution in [-0.4, -0.2) is 19.9 Å². The van der Waals surface area contributed by atoms with Crippen LogP contribution >= 0.6 is 0 Å². The first-order valence-corrected chi connectivity index (χ1v) is 7.55. The van der Waals surface area contributed by atoms with Crippen LogP contribution in [-0.2, 0) is 14.8 Å². The number of rotatable bonds is 4. The topological polar surface area (TPSA) is 115 Å². The largest absolute Gasteiger partial charge is 0.326 e. The van der Waals surface area contributed by atoms with E-state index >= 15 is 0 Å². The lowest BCUT2D eigenvalue weighted by atomic mass is 9.75. The number of nitrogens with two attached hydrogens (primary N) is 2. The van der Waals surface area contributed by atoms with E-state index in [4.69, 9.17) is 10.9 Å². The highest BCUT2D eigenvalue weighted by Gasteiger charge is 2.34. The van der Waals surface area contributed by atoms with Crippen molar-refractivity contribution in [2.75, 3.05) is 5.32 Å². The first-order valence-electron chi connectivity index (χ1n) is 6.00. The molecule has 0 unspecified atom stereocenters. The lowest BCUT2D eigenvalue weighted by Gasteiger charge is -2.37. The summed E-state index contributed by atoms with van der Waals surface area (Å²) in [6.45, 7) is 0. The quantitative estimate of drug-likeness (QED) is 0.748. The molecule has 104 valence electrons. The van der Waals surface area contributed by atoms with Gasteiger partial charge in [-0.2, -0.15) is 0 Å². The van der Waals surface area contributed by atoms with Gasteiger partial charge in [-0.15, -0.1) is 0 Å². The molecule has 0 aliphatic heterocycles. The lowest BCUT2D eigenvalue weighted by molar-refractivity contribution is -0.118. The second-order valence-corrected chi connectivity index (χ2v) is 6.57. The van der Waals surface area contributed by atoms with Gasteiger partial charge in [0.2, 0.25) is 15.9 Å². The molecular formula is C12H17N3O3S. The van der Waals surface area contributed by atoms with E-state index < -0.39 is 10.0 Å². The maximum absolute atomic E-state index is 11.8. The zero-order valence-electron chi connectivity index (χ0n) is 10.4. The van der Waals surface area contributed by atoms with Crippen LogP contribution in [0.1, 0.15) is 25.7 Å². The van der Waals surface area contributed by atoms with Crippen LogP contribution in [0.2, 0.25) is 0 Å². The van der Waals surface area contributed by atoms with E-state index in [1.54, 1.807) is 0 Å². The summed E-state index contributed by atoms with van der Waals surface area (Å²) in [5, 5.41) is 7.68. The number of benzene rings is 1. The normalized spacial score (nSPS) is 17.6. The van der Waals surface area contributed by atoms with Gasteiger partial charge in [0.05, 0.1) is 4.90 Å². The van der Waals surface area contributed by atoms with E-state index in [9.17, 15) is 13.2 Å². The van der Waals surface area contributed by atoms with Gasteiger partial charge in [0, 0.05) is 17.6 Å². The zero-order valence-corrected chi connectivity index (χ0v) is 11.2. The van der Waals surface area contributed by atoms with Crippen LogP contribution in [0.15, 0.2) is 29.2 Å². The maximum atomic E-state index is 11.8. The molecule has 19 heavy (non-hydrogen) atoms. The second-order valence-electron chi connectivity index (χ2n) is 5.01. The molecule has 1 aromatic carbocycles. The molecule has 0 atom stereocenters. The fourth-order valence-corrected chi connectivity index (χ4v) is 2.58. The SMILES string of the molecule is NC1(CC(=O)Nc2ccc(S(N)(=O)=O)cc2)CCC1. The summed E-state index contributed by atoms with van der Waals surface area (Å²) in [6, 6.07) is 5.71. The van der Waals surface area contributed by atoms with E-state index in [1.165, 1.54) is 24.3 Å². The fourth-order valence-electron chi connectivity index (χ4n) is 2.06. The predicted octanol–water partition coefficient (Wildman–Crippen LogP) is 0.544. The van der Waals surface area contributed by atoms with E-state index in [2.05, 4.69) is 5.32 Å². The van der Waals surface area contributed by atoms with Crippen molar-refractivity contribution in [3.05, 3.63) is 24.3 Å². The minimum absolute atomic E-state index is 0.0137. The molecule has 1 fully saturated rings. The molecule has 1 amide bonds. The molecule has 1 aliphatic rings. The van der Waals surface area contributed by atoms with E-state index in [0.717, 1.165) is 19.3 Å². The molecule has 5 N–H and O–H groups in total. The number of sulfonamides is 1. The second kappa shape index (κ2) is 4.92. The first kappa shape index (κ1) is 14.0. The summed E-state index contributed by atoms with van der Waals surface area (Å²) in [5.41, 5.74) is 6.14. The number of carbonyl (C=O) groups excluding carboxylic acids is 1. The van der Waals surface area contributed by atoms with E-state index in [-0.39, 0.29) is 22.8 Å². The number of amides is 1. The van der Waals surface area contributed by atoms with E-state index in [1.807, 2.05) is 0 Å². The summed E-state index contributed by atoms with van der Waals surface area (Å²) in [4.78, 5) is 11.8. The Morgan fingerprint density at radius 2 is 1.84 bits per heavy atom. The van der Waals surface area contributed by atoms with Crippen LogP contribution in [0.4, 0.5) is 5.69 Å². The molecule has 0 heterocycles. The molecule has 0 radical (unpaired) electrons. The minimum Gasteiger partial charge on any atom is -0.326 e. The standard InChI is InChI=1S/C12H17N3O3S/c13-12(6-1-7-12)8-11(16)15-9-2-4-10(5-3-9)19(14,17)18/h2-5H,1,6-8,13H2,(H,15,16)(H2,14,17,18). The third-order valence-electron chi connectivity index (χ3n) is 3.33. The van der Waals surface area contributed by atoms with Gasteiger partial charge in [0.1, 0.15) is 0 Å². The van der Waals surface area contributed by atoms with Gasteiger partial charge in [-0.25, -0.2) is 13.6 Å². The number of hydrogen-bond acceptors (Lipinski definition) is 4. The Hall–Kier alpha value is -1.44. The van der Waals surface area contributed by atoms with Crippen LogP contribution in [0, 0.1) is 0 Å². The van der Waals surface area contributed by atoms with Gasteiger partial charge in [-0.05, 0) is 43.5 Å². The molecule has 0 aromatic heterocycles. The average Bonchev–Trinajstić information content (AvgIpc) is 2.26. The number of carbonyl (C=O) groups is 1. The van der Waals surface area contributed by atoms with Gasteiger partial charge in [-0.1, -0.05) is 0 Å². The highest BCUT2D eigenvalue weighted by atomic mass is 32.2. The van der Waals surface area contributed by atoms with Crippen molar-refractivity contribution >= 4 is 21.6 Å². The monoisotopic (exact) mass is 283 g/mol. The molecule has 1 aliphatic carbocycles. The molecule has 0 spiro atoms. The Bertz CT molecular complexity index is 577. The molecule has 1 saturated carbocycles. The lowest BCUT2D eigenvalue weighted by Crippen LogP contribution is -2.48. The van der Waals surface area contributed by atoms with Crippen molar-refractivity contribution in [1.82, 2.24) is 0 Å².